The lowest BCUT2D eigenvalue weighted by molar-refractivity contribution is -0.137. The number of alkyl carbamates (subject to hydrolysis) is 1. The van der Waals surface area contributed by atoms with Gasteiger partial charge in [-0.05, 0) is 38.8 Å². The fourth-order valence-electron chi connectivity index (χ4n) is 2.43. The Morgan fingerprint density at radius 1 is 1.30 bits per heavy atom. The van der Waals surface area contributed by atoms with Crippen molar-refractivity contribution in [1.82, 2.24) is 10.3 Å². The summed E-state index contributed by atoms with van der Waals surface area (Å²) in [7, 11) is 0. The number of aromatic nitrogens is 1. The number of H-pyrrole nitrogens is 1. The lowest BCUT2D eigenvalue weighted by atomic mass is 10.0. The summed E-state index contributed by atoms with van der Waals surface area (Å²) in [6.45, 7) is 5.29. The summed E-state index contributed by atoms with van der Waals surface area (Å²) in [4.78, 5) is 26.1. The van der Waals surface area contributed by atoms with E-state index in [1.807, 2.05) is 30.5 Å². The van der Waals surface area contributed by atoms with Gasteiger partial charge in [-0.25, -0.2) is 4.79 Å². The number of hydrogen-bond acceptors (Lipinski definition) is 3. The Kier molecular flexibility index (Phi) is 4.93. The van der Waals surface area contributed by atoms with Crippen LogP contribution in [0.1, 0.15) is 32.8 Å². The van der Waals surface area contributed by atoms with Gasteiger partial charge < -0.3 is 20.1 Å². The summed E-state index contributed by atoms with van der Waals surface area (Å²) in [6, 6.07) is 7.23. The van der Waals surface area contributed by atoms with Crippen molar-refractivity contribution in [1.29, 1.82) is 0 Å². The van der Waals surface area contributed by atoms with Gasteiger partial charge in [0.15, 0.2) is 0 Å². The molecule has 1 heterocycles. The summed E-state index contributed by atoms with van der Waals surface area (Å²) < 4.78 is 5.21. The van der Waals surface area contributed by atoms with E-state index in [9.17, 15) is 9.59 Å². The third kappa shape index (κ3) is 5.02. The Morgan fingerprint density at radius 2 is 2.00 bits per heavy atom. The number of benzene rings is 1. The normalized spacial score (nSPS) is 12.8. The van der Waals surface area contributed by atoms with Crippen LogP contribution in [0.2, 0.25) is 0 Å². The Balaban J connectivity index is 2.12. The maximum atomic E-state index is 11.9. The zero-order chi connectivity index (χ0) is 17.0. The number of carboxylic acid groups (broad SMARTS) is 1. The highest BCUT2D eigenvalue weighted by Gasteiger charge is 2.22. The van der Waals surface area contributed by atoms with Crippen molar-refractivity contribution >= 4 is 23.0 Å². The topological polar surface area (TPSA) is 91.4 Å². The fraction of sp³-hybridized carbons (Fsp3) is 0.412. The Morgan fingerprint density at radius 3 is 2.65 bits per heavy atom. The number of para-hydroxylation sites is 1. The maximum Gasteiger partial charge on any atom is 0.407 e. The van der Waals surface area contributed by atoms with Crippen molar-refractivity contribution in [3.05, 3.63) is 36.0 Å². The molecule has 1 aromatic heterocycles. The predicted molar refractivity (Wildman–Crippen MR) is 87.4 cm³/mol. The molecule has 0 saturated carbocycles. The lowest BCUT2D eigenvalue weighted by Crippen LogP contribution is -2.41. The van der Waals surface area contributed by atoms with Crippen LogP contribution >= 0.6 is 0 Å². The second kappa shape index (κ2) is 6.73. The quantitative estimate of drug-likeness (QED) is 0.790. The van der Waals surface area contributed by atoms with Gasteiger partial charge in [-0.3, -0.25) is 4.79 Å². The SMILES string of the molecule is CC(C)(C)OC(=O)NC(CC(=O)O)Cc1c[nH]c2ccccc12. The van der Waals surface area contributed by atoms with E-state index in [4.69, 9.17) is 9.84 Å². The molecule has 0 bridgehead atoms. The van der Waals surface area contributed by atoms with E-state index in [2.05, 4.69) is 10.3 Å². The molecule has 23 heavy (non-hydrogen) atoms. The van der Waals surface area contributed by atoms with Crippen molar-refractivity contribution in [3.8, 4) is 0 Å². The lowest BCUT2D eigenvalue weighted by Gasteiger charge is -2.23. The molecule has 0 aliphatic carbocycles. The largest absolute Gasteiger partial charge is 0.481 e. The monoisotopic (exact) mass is 318 g/mol. The first-order valence-electron chi connectivity index (χ1n) is 7.51. The number of aromatic amines is 1. The molecule has 1 amide bonds. The molecule has 0 aliphatic heterocycles. The van der Waals surface area contributed by atoms with E-state index in [0.29, 0.717) is 6.42 Å². The van der Waals surface area contributed by atoms with Gasteiger partial charge in [-0.1, -0.05) is 18.2 Å². The van der Waals surface area contributed by atoms with Crippen molar-refractivity contribution in [2.75, 3.05) is 0 Å². The third-order valence-electron chi connectivity index (χ3n) is 3.28. The molecule has 6 nitrogen and oxygen atoms in total. The van der Waals surface area contributed by atoms with Gasteiger partial charge in [-0.15, -0.1) is 0 Å². The third-order valence-corrected chi connectivity index (χ3v) is 3.28. The fourth-order valence-corrected chi connectivity index (χ4v) is 2.43. The number of carbonyl (C=O) groups is 2. The summed E-state index contributed by atoms with van der Waals surface area (Å²) in [5.41, 5.74) is 1.32. The molecule has 124 valence electrons. The standard InChI is InChI=1S/C17H22N2O4/c1-17(2,3)23-16(22)19-12(9-15(20)21)8-11-10-18-14-7-5-4-6-13(11)14/h4-7,10,12,18H,8-9H2,1-3H3,(H,19,22)(H,20,21). The molecule has 3 N–H and O–H groups in total. The molecule has 2 rings (SSSR count). The molecule has 1 aromatic carbocycles. The van der Waals surface area contributed by atoms with Gasteiger partial charge >= 0.3 is 12.1 Å². The smallest absolute Gasteiger partial charge is 0.407 e. The van der Waals surface area contributed by atoms with E-state index in [-0.39, 0.29) is 6.42 Å². The van der Waals surface area contributed by atoms with Crippen molar-refractivity contribution < 1.29 is 19.4 Å². The molecule has 2 aromatic rings. The van der Waals surface area contributed by atoms with Gasteiger partial charge in [0.1, 0.15) is 5.60 Å². The molecular weight excluding hydrogens is 296 g/mol. The van der Waals surface area contributed by atoms with Crippen LogP contribution in [0, 0.1) is 0 Å². The van der Waals surface area contributed by atoms with Crippen LogP contribution < -0.4 is 5.32 Å². The molecule has 1 unspecified atom stereocenters. The average molecular weight is 318 g/mol. The molecule has 0 aliphatic rings. The minimum Gasteiger partial charge on any atom is -0.481 e. The van der Waals surface area contributed by atoms with E-state index in [0.717, 1.165) is 16.5 Å². The Labute approximate surface area is 134 Å². The first-order valence-corrected chi connectivity index (χ1v) is 7.51. The van der Waals surface area contributed by atoms with Crippen molar-refractivity contribution in [2.24, 2.45) is 0 Å². The first kappa shape index (κ1) is 16.9. The summed E-state index contributed by atoms with van der Waals surface area (Å²) >= 11 is 0. The maximum absolute atomic E-state index is 11.9. The second-order valence-electron chi connectivity index (χ2n) is 6.50. The molecule has 0 radical (unpaired) electrons. The van der Waals surface area contributed by atoms with Crippen LogP contribution in [0.5, 0.6) is 0 Å². The highest BCUT2D eigenvalue weighted by Crippen LogP contribution is 2.20. The molecule has 6 heteroatoms. The van der Waals surface area contributed by atoms with E-state index in [1.165, 1.54) is 0 Å². The van der Waals surface area contributed by atoms with Gasteiger partial charge in [-0.2, -0.15) is 0 Å². The van der Waals surface area contributed by atoms with Crippen molar-refractivity contribution in [2.45, 2.75) is 45.3 Å². The van der Waals surface area contributed by atoms with E-state index < -0.39 is 23.7 Å². The predicted octanol–water partition coefficient (Wildman–Crippen LogP) is 3.08. The number of fused-ring (bicyclic) bond motifs is 1. The summed E-state index contributed by atoms with van der Waals surface area (Å²) in [5.74, 6) is -0.967. The van der Waals surface area contributed by atoms with Crippen LogP contribution in [0.25, 0.3) is 10.9 Å². The number of carboxylic acids is 1. The first-order chi connectivity index (χ1) is 10.7. The molecule has 0 fully saturated rings. The molecule has 0 spiro atoms. The van der Waals surface area contributed by atoms with Crippen LogP contribution in [0.4, 0.5) is 4.79 Å². The number of nitrogens with one attached hydrogen (secondary N) is 2. The van der Waals surface area contributed by atoms with Crippen LogP contribution in [0.3, 0.4) is 0 Å². The van der Waals surface area contributed by atoms with Crippen LogP contribution in [-0.2, 0) is 16.0 Å². The second-order valence-corrected chi connectivity index (χ2v) is 6.50. The van der Waals surface area contributed by atoms with Crippen molar-refractivity contribution in [3.63, 3.8) is 0 Å². The number of rotatable bonds is 5. The number of carbonyl (C=O) groups excluding carboxylic acids is 1. The molecular formula is C17H22N2O4. The average Bonchev–Trinajstić information content (AvgIpc) is 2.79. The minimum absolute atomic E-state index is 0.168. The highest BCUT2D eigenvalue weighted by molar-refractivity contribution is 5.83. The Bertz CT molecular complexity index is 700. The van der Waals surface area contributed by atoms with E-state index in [1.54, 1.807) is 20.8 Å². The zero-order valence-electron chi connectivity index (χ0n) is 13.6. The van der Waals surface area contributed by atoms with Crippen LogP contribution in [-0.4, -0.2) is 33.8 Å². The number of amides is 1. The van der Waals surface area contributed by atoms with Gasteiger partial charge in [0.05, 0.1) is 6.42 Å². The van der Waals surface area contributed by atoms with Gasteiger partial charge in [0.25, 0.3) is 0 Å². The molecule has 0 saturated heterocycles. The number of hydrogen-bond donors (Lipinski definition) is 3. The van der Waals surface area contributed by atoms with Crippen LogP contribution in [0.15, 0.2) is 30.5 Å². The number of ether oxygens (including phenoxy) is 1. The van der Waals surface area contributed by atoms with Gasteiger partial charge in [0.2, 0.25) is 0 Å². The zero-order valence-corrected chi connectivity index (χ0v) is 13.6. The van der Waals surface area contributed by atoms with Gasteiger partial charge in [0, 0.05) is 23.1 Å². The Hall–Kier alpha value is -2.50. The molecule has 1 atom stereocenters. The summed E-state index contributed by atoms with van der Waals surface area (Å²) in [5, 5.41) is 12.7. The number of aliphatic carboxylic acids is 1. The highest BCUT2D eigenvalue weighted by atomic mass is 16.6. The minimum atomic E-state index is -0.967. The summed E-state index contributed by atoms with van der Waals surface area (Å²) in [6.07, 6.45) is 1.48. The van der Waals surface area contributed by atoms with E-state index >= 15 is 0 Å².